The topological polar surface area (TPSA) is 26.3 Å². The molecule has 0 unspecified atom stereocenters. The van der Waals surface area contributed by atoms with E-state index in [1.165, 1.54) is 0 Å². The first-order valence-corrected chi connectivity index (χ1v) is 6.04. The molecule has 15 heavy (non-hydrogen) atoms. The Kier molecular flexibility index (Phi) is 2.91. The minimum atomic E-state index is -0.426. The Balaban J connectivity index is 2.29. The first-order chi connectivity index (χ1) is 7.29. The van der Waals surface area contributed by atoms with E-state index in [-0.39, 0.29) is 5.97 Å². The fourth-order valence-electron chi connectivity index (χ4n) is 1.94. The van der Waals surface area contributed by atoms with Crippen molar-refractivity contribution in [3.05, 3.63) is 34.5 Å². The molecule has 0 atom stereocenters. The Morgan fingerprint density at radius 1 is 1.53 bits per heavy atom. The average Bonchev–Trinajstić information content (AvgIpc) is 2.90. The predicted octanol–water partition coefficient (Wildman–Crippen LogP) is 2.90. The minimum absolute atomic E-state index is 0.0857. The number of thiophene rings is 1. The van der Waals surface area contributed by atoms with Gasteiger partial charge in [0.1, 0.15) is 5.41 Å². The fraction of sp³-hybridized carbons (Fsp3) is 0.417. The summed E-state index contributed by atoms with van der Waals surface area (Å²) in [5.74, 6) is -0.0857. The average molecular weight is 222 g/mol. The van der Waals surface area contributed by atoms with Crippen molar-refractivity contribution >= 4 is 17.3 Å². The Labute approximate surface area is 93.6 Å². The molecule has 0 amide bonds. The summed E-state index contributed by atoms with van der Waals surface area (Å²) < 4.78 is 5.18. The zero-order valence-corrected chi connectivity index (χ0v) is 9.55. The van der Waals surface area contributed by atoms with E-state index in [9.17, 15) is 4.79 Å². The molecule has 80 valence electrons. The van der Waals surface area contributed by atoms with Crippen molar-refractivity contribution in [2.24, 2.45) is 0 Å². The second kappa shape index (κ2) is 4.19. The molecule has 0 saturated carbocycles. The molecule has 1 aliphatic rings. The van der Waals surface area contributed by atoms with Crippen molar-refractivity contribution in [3.63, 3.8) is 0 Å². The molecule has 2 rings (SSSR count). The summed E-state index contributed by atoms with van der Waals surface area (Å²) in [4.78, 5) is 13.1. The number of carbonyl (C=O) groups excluding carboxylic acids is 1. The molecule has 0 aromatic carbocycles. The SMILES string of the molecule is CCOC(=O)C1(c2cccs2)CC=CC1. The fourth-order valence-corrected chi connectivity index (χ4v) is 2.88. The van der Waals surface area contributed by atoms with Crippen LogP contribution in [0.4, 0.5) is 0 Å². The number of hydrogen-bond acceptors (Lipinski definition) is 3. The van der Waals surface area contributed by atoms with Crippen LogP contribution in [-0.4, -0.2) is 12.6 Å². The maximum absolute atomic E-state index is 12.0. The van der Waals surface area contributed by atoms with Crippen LogP contribution >= 0.6 is 11.3 Å². The lowest BCUT2D eigenvalue weighted by Crippen LogP contribution is -2.34. The van der Waals surface area contributed by atoms with Crippen LogP contribution in [0.25, 0.3) is 0 Å². The van der Waals surface area contributed by atoms with E-state index in [4.69, 9.17) is 4.74 Å². The van der Waals surface area contributed by atoms with Crippen LogP contribution in [0.3, 0.4) is 0 Å². The molecular formula is C12H14O2S. The van der Waals surface area contributed by atoms with E-state index in [0.29, 0.717) is 6.61 Å². The number of rotatable bonds is 3. The van der Waals surface area contributed by atoms with Crippen molar-refractivity contribution in [3.8, 4) is 0 Å². The van der Waals surface area contributed by atoms with Gasteiger partial charge in [0.05, 0.1) is 6.61 Å². The van der Waals surface area contributed by atoms with Gasteiger partial charge < -0.3 is 4.74 Å². The lowest BCUT2D eigenvalue weighted by atomic mass is 9.84. The highest BCUT2D eigenvalue weighted by atomic mass is 32.1. The monoisotopic (exact) mass is 222 g/mol. The summed E-state index contributed by atoms with van der Waals surface area (Å²) in [6.07, 6.45) is 5.67. The van der Waals surface area contributed by atoms with Gasteiger partial charge in [-0.1, -0.05) is 18.2 Å². The lowest BCUT2D eigenvalue weighted by Gasteiger charge is -2.25. The third kappa shape index (κ3) is 1.72. The quantitative estimate of drug-likeness (QED) is 0.580. The standard InChI is InChI=1S/C12H14O2S/c1-2-14-11(13)12(7-3-4-8-12)10-6-5-9-15-10/h3-6,9H,2,7-8H2,1H3. The van der Waals surface area contributed by atoms with Gasteiger partial charge in [-0.2, -0.15) is 0 Å². The molecular weight excluding hydrogens is 208 g/mol. The lowest BCUT2D eigenvalue weighted by molar-refractivity contribution is -0.149. The number of ether oxygens (including phenoxy) is 1. The molecule has 0 bridgehead atoms. The van der Waals surface area contributed by atoms with E-state index in [2.05, 4.69) is 12.2 Å². The van der Waals surface area contributed by atoms with Crippen molar-refractivity contribution in [1.82, 2.24) is 0 Å². The molecule has 0 fully saturated rings. The molecule has 1 heterocycles. The first kappa shape index (κ1) is 10.4. The van der Waals surface area contributed by atoms with E-state index >= 15 is 0 Å². The molecule has 0 saturated heterocycles. The van der Waals surface area contributed by atoms with E-state index in [0.717, 1.165) is 17.7 Å². The van der Waals surface area contributed by atoms with Crippen molar-refractivity contribution in [2.75, 3.05) is 6.61 Å². The Morgan fingerprint density at radius 2 is 2.27 bits per heavy atom. The van der Waals surface area contributed by atoms with Crippen LogP contribution in [0.1, 0.15) is 24.6 Å². The highest BCUT2D eigenvalue weighted by Gasteiger charge is 2.42. The maximum Gasteiger partial charge on any atom is 0.318 e. The van der Waals surface area contributed by atoms with Crippen molar-refractivity contribution in [1.29, 1.82) is 0 Å². The molecule has 1 aliphatic carbocycles. The minimum Gasteiger partial charge on any atom is -0.465 e. The summed E-state index contributed by atoms with van der Waals surface area (Å²) in [5.41, 5.74) is -0.426. The third-order valence-corrected chi connectivity index (χ3v) is 3.83. The Hall–Kier alpha value is -1.09. The normalized spacial score (nSPS) is 17.9. The highest BCUT2D eigenvalue weighted by Crippen LogP contribution is 2.40. The molecule has 1 aromatic heterocycles. The first-order valence-electron chi connectivity index (χ1n) is 5.16. The van der Waals surface area contributed by atoms with E-state index < -0.39 is 5.41 Å². The van der Waals surface area contributed by atoms with Gasteiger partial charge in [-0.15, -0.1) is 11.3 Å². The Bertz CT molecular complexity index is 357. The summed E-state index contributed by atoms with van der Waals surface area (Å²) in [6.45, 7) is 2.30. The van der Waals surface area contributed by atoms with Crippen LogP contribution in [0.2, 0.25) is 0 Å². The summed E-state index contributed by atoms with van der Waals surface area (Å²) in [5, 5.41) is 2.01. The molecule has 3 heteroatoms. The number of allylic oxidation sites excluding steroid dienone is 2. The Morgan fingerprint density at radius 3 is 2.80 bits per heavy atom. The summed E-state index contributed by atoms with van der Waals surface area (Å²) in [7, 11) is 0. The van der Waals surface area contributed by atoms with Gasteiger partial charge in [0.15, 0.2) is 0 Å². The summed E-state index contributed by atoms with van der Waals surface area (Å²) in [6, 6.07) is 4.01. The van der Waals surface area contributed by atoms with Gasteiger partial charge in [0.25, 0.3) is 0 Å². The van der Waals surface area contributed by atoms with Gasteiger partial charge in [0, 0.05) is 4.88 Å². The second-order valence-electron chi connectivity index (χ2n) is 3.66. The third-order valence-electron chi connectivity index (χ3n) is 2.76. The highest BCUT2D eigenvalue weighted by molar-refractivity contribution is 7.10. The van der Waals surface area contributed by atoms with Gasteiger partial charge in [0.2, 0.25) is 0 Å². The maximum atomic E-state index is 12.0. The van der Waals surface area contributed by atoms with Gasteiger partial charge in [-0.05, 0) is 31.2 Å². The van der Waals surface area contributed by atoms with E-state index in [1.807, 2.05) is 24.4 Å². The zero-order chi connectivity index (χ0) is 10.7. The van der Waals surface area contributed by atoms with Crippen LogP contribution in [0.15, 0.2) is 29.7 Å². The van der Waals surface area contributed by atoms with Crippen LogP contribution in [0.5, 0.6) is 0 Å². The smallest absolute Gasteiger partial charge is 0.318 e. The zero-order valence-electron chi connectivity index (χ0n) is 8.73. The molecule has 0 radical (unpaired) electrons. The number of esters is 1. The van der Waals surface area contributed by atoms with Gasteiger partial charge >= 0.3 is 5.97 Å². The molecule has 0 spiro atoms. The molecule has 1 aromatic rings. The number of carbonyl (C=O) groups is 1. The van der Waals surface area contributed by atoms with Gasteiger partial charge in [-0.3, -0.25) is 4.79 Å². The van der Waals surface area contributed by atoms with Crippen molar-refractivity contribution in [2.45, 2.75) is 25.2 Å². The second-order valence-corrected chi connectivity index (χ2v) is 4.61. The van der Waals surface area contributed by atoms with Gasteiger partial charge in [-0.25, -0.2) is 0 Å². The molecule has 0 aliphatic heterocycles. The largest absolute Gasteiger partial charge is 0.465 e. The van der Waals surface area contributed by atoms with Crippen molar-refractivity contribution < 1.29 is 9.53 Å². The van der Waals surface area contributed by atoms with Crippen LogP contribution in [-0.2, 0) is 14.9 Å². The van der Waals surface area contributed by atoms with Crippen LogP contribution in [0, 0.1) is 0 Å². The molecule has 0 N–H and O–H groups in total. The number of hydrogen-bond donors (Lipinski definition) is 0. The van der Waals surface area contributed by atoms with Crippen LogP contribution < -0.4 is 0 Å². The summed E-state index contributed by atoms with van der Waals surface area (Å²) >= 11 is 1.63. The van der Waals surface area contributed by atoms with E-state index in [1.54, 1.807) is 11.3 Å². The predicted molar refractivity (Wildman–Crippen MR) is 61.0 cm³/mol. The molecule has 2 nitrogen and oxygen atoms in total.